The van der Waals surface area contributed by atoms with E-state index in [0.29, 0.717) is 0 Å². The molecule has 0 aliphatic heterocycles. The van der Waals surface area contributed by atoms with E-state index in [9.17, 15) is 0 Å². The van der Waals surface area contributed by atoms with E-state index in [0.717, 1.165) is 28.3 Å². The van der Waals surface area contributed by atoms with E-state index in [1.54, 1.807) is 0 Å². The third-order valence-electron chi connectivity index (χ3n) is 12.5. The minimum Gasteiger partial charge on any atom is -0.310 e. The topological polar surface area (TPSA) is 8.17 Å². The summed E-state index contributed by atoms with van der Waals surface area (Å²) in [5, 5.41) is 10.1. The molecule has 0 aliphatic carbocycles. The van der Waals surface area contributed by atoms with Crippen molar-refractivity contribution < 1.29 is 0 Å². The van der Waals surface area contributed by atoms with Gasteiger partial charge in [0, 0.05) is 33.4 Å². The average Bonchev–Trinajstić information content (AvgIpc) is 3.70. The Morgan fingerprint density at radius 3 is 1.71 bits per heavy atom. The maximum atomic E-state index is 2.43. The lowest BCUT2D eigenvalue weighted by Crippen LogP contribution is -2.11. The summed E-state index contributed by atoms with van der Waals surface area (Å²) < 4.78 is 2.42. The van der Waals surface area contributed by atoms with E-state index in [2.05, 4.69) is 252 Å². The van der Waals surface area contributed by atoms with Crippen molar-refractivity contribution in [2.24, 2.45) is 0 Å². The summed E-state index contributed by atoms with van der Waals surface area (Å²) in [6, 6.07) is 88.5. The fraction of sp³-hybridized carbons (Fsp3) is 0. The first-order valence-corrected chi connectivity index (χ1v) is 21.3. The molecule has 290 valence electrons. The quantitative estimate of drug-likeness (QED) is 0.146. The second-order valence-electron chi connectivity index (χ2n) is 16.1. The van der Waals surface area contributed by atoms with Crippen LogP contribution in [0.4, 0.5) is 17.1 Å². The molecule has 2 nitrogen and oxygen atoms in total. The third-order valence-corrected chi connectivity index (χ3v) is 12.5. The normalized spacial score (nSPS) is 11.5. The van der Waals surface area contributed by atoms with E-state index in [1.165, 1.54) is 81.9 Å². The molecule has 0 saturated carbocycles. The first-order valence-electron chi connectivity index (χ1n) is 21.3. The van der Waals surface area contributed by atoms with Crippen molar-refractivity contribution in [1.29, 1.82) is 0 Å². The molecule has 12 aromatic rings. The second kappa shape index (κ2) is 14.8. The second-order valence-corrected chi connectivity index (χ2v) is 16.1. The van der Waals surface area contributed by atoms with Gasteiger partial charge in [0.2, 0.25) is 0 Å². The molecular weight excluding hydrogens is 749 g/mol. The highest BCUT2D eigenvalue weighted by Gasteiger charge is 2.21. The van der Waals surface area contributed by atoms with Gasteiger partial charge in [0.25, 0.3) is 0 Å². The smallest absolute Gasteiger partial charge is 0.0547 e. The monoisotopic (exact) mass is 788 g/mol. The maximum absolute atomic E-state index is 2.43. The van der Waals surface area contributed by atoms with Crippen molar-refractivity contribution in [2.45, 2.75) is 0 Å². The number of aromatic nitrogens is 1. The molecule has 0 N–H and O–H groups in total. The maximum Gasteiger partial charge on any atom is 0.0547 e. The molecule has 0 amide bonds. The summed E-state index contributed by atoms with van der Waals surface area (Å²) in [5.74, 6) is 0. The zero-order chi connectivity index (χ0) is 41.0. The zero-order valence-corrected chi connectivity index (χ0v) is 34.0. The minimum atomic E-state index is 1.09. The van der Waals surface area contributed by atoms with Crippen LogP contribution >= 0.6 is 0 Å². The SMILES string of the molecule is c1ccc(-c2ccccc2N(c2ccc(-c3cc4ccccc4c4ccccc34)cc2)c2cccc(-c3cccc4c3c3c5ccccc5ccc3n4-c3ccccc3)c2)cc1. The van der Waals surface area contributed by atoms with E-state index in [-0.39, 0.29) is 0 Å². The lowest BCUT2D eigenvalue weighted by Gasteiger charge is -2.28. The van der Waals surface area contributed by atoms with Gasteiger partial charge in [-0.05, 0) is 121 Å². The van der Waals surface area contributed by atoms with Crippen LogP contribution < -0.4 is 4.90 Å². The van der Waals surface area contributed by atoms with E-state index >= 15 is 0 Å². The van der Waals surface area contributed by atoms with Crippen LogP contribution in [0.3, 0.4) is 0 Å². The highest BCUT2D eigenvalue weighted by Crippen LogP contribution is 2.46. The Balaban J connectivity index is 1.07. The Morgan fingerprint density at radius 1 is 0.290 bits per heavy atom. The molecule has 0 radical (unpaired) electrons. The molecule has 0 fully saturated rings. The largest absolute Gasteiger partial charge is 0.310 e. The van der Waals surface area contributed by atoms with Gasteiger partial charge < -0.3 is 9.47 Å². The third kappa shape index (κ3) is 5.88. The van der Waals surface area contributed by atoms with Crippen molar-refractivity contribution in [3.63, 3.8) is 0 Å². The number of anilines is 3. The first kappa shape index (κ1) is 35.7. The number of rotatable bonds is 7. The number of benzene rings is 11. The average molecular weight is 789 g/mol. The molecular formula is C60H40N2. The zero-order valence-electron chi connectivity index (χ0n) is 34.0. The number of hydrogen-bond acceptors (Lipinski definition) is 1. The summed E-state index contributed by atoms with van der Waals surface area (Å²) in [5.41, 5.74) is 14.0. The van der Waals surface area contributed by atoms with Gasteiger partial charge in [-0.2, -0.15) is 0 Å². The molecule has 2 heteroatoms. The Labute approximate surface area is 360 Å². The lowest BCUT2D eigenvalue weighted by atomic mass is 9.93. The molecule has 0 saturated heterocycles. The summed E-state index contributed by atoms with van der Waals surface area (Å²) >= 11 is 0. The minimum absolute atomic E-state index is 1.09. The fourth-order valence-electron chi connectivity index (χ4n) is 9.78. The van der Waals surface area contributed by atoms with Crippen LogP contribution in [0.25, 0.3) is 93.2 Å². The van der Waals surface area contributed by atoms with Crippen LogP contribution in [0.15, 0.2) is 243 Å². The standard InChI is InChI=1S/C60H40N2/c1-3-17-41(18-4-1)50-26-13-14-31-56(50)61(47-36-33-43(34-37-47)55-40-45-20-8-9-25-49(45)53-28-11-12-29-54(53)55)48-24-15-21-44(39-48)52-30-16-32-57-60(52)59-51-27-10-7-19-42(51)35-38-58(59)62(57)46-22-5-2-6-23-46/h1-40H. The molecule has 11 aromatic carbocycles. The Hall–Kier alpha value is -8.20. The Kier molecular flexibility index (Phi) is 8.53. The van der Waals surface area contributed by atoms with E-state index < -0.39 is 0 Å². The molecule has 1 heterocycles. The van der Waals surface area contributed by atoms with Crippen molar-refractivity contribution in [3.05, 3.63) is 243 Å². The van der Waals surface area contributed by atoms with Crippen LogP contribution in [-0.4, -0.2) is 4.57 Å². The van der Waals surface area contributed by atoms with E-state index in [1.807, 2.05) is 0 Å². The highest BCUT2D eigenvalue weighted by molar-refractivity contribution is 6.25. The van der Waals surface area contributed by atoms with Gasteiger partial charge in [0.15, 0.2) is 0 Å². The lowest BCUT2D eigenvalue weighted by molar-refractivity contribution is 1.18. The van der Waals surface area contributed by atoms with Crippen molar-refractivity contribution in [1.82, 2.24) is 4.57 Å². The predicted molar refractivity (Wildman–Crippen MR) is 264 cm³/mol. The number of fused-ring (bicyclic) bond motifs is 8. The van der Waals surface area contributed by atoms with Crippen molar-refractivity contribution in [2.75, 3.05) is 4.90 Å². The Morgan fingerprint density at radius 2 is 0.887 bits per heavy atom. The molecule has 0 spiro atoms. The summed E-state index contributed by atoms with van der Waals surface area (Å²) in [6.07, 6.45) is 0. The van der Waals surface area contributed by atoms with Gasteiger partial charge >= 0.3 is 0 Å². The molecule has 0 aliphatic rings. The van der Waals surface area contributed by atoms with Gasteiger partial charge in [-0.1, -0.05) is 182 Å². The molecule has 62 heavy (non-hydrogen) atoms. The molecule has 0 unspecified atom stereocenters. The first-order chi connectivity index (χ1) is 30.8. The molecule has 1 aromatic heterocycles. The van der Waals surface area contributed by atoms with Gasteiger partial charge in [-0.15, -0.1) is 0 Å². The van der Waals surface area contributed by atoms with Gasteiger partial charge in [0.05, 0.1) is 16.7 Å². The van der Waals surface area contributed by atoms with E-state index in [4.69, 9.17) is 0 Å². The van der Waals surface area contributed by atoms with Gasteiger partial charge in [-0.3, -0.25) is 0 Å². The van der Waals surface area contributed by atoms with Crippen molar-refractivity contribution in [3.8, 4) is 39.1 Å². The van der Waals surface area contributed by atoms with Crippen LogP contribution in [0, 0.1) is 0 Å². The molecule has 12 rings (SSSR count). The fourth-order valence-corrected chi connectivity index (χ4v) is 9.78. The van der Waals surface area contributed by atoms with Crippen molar-refractivity contribution >= 4 is 71.2 Å². The summed E-state index contributed by atoms with van der Waals surface area (Å²) in [4.78, 5) is 2.43. The molecule has 0 bridgehead atoms. The predicted octanol–water partition coefficient (Wildman–Crippen LogP) is 16.7. The van der Waals surface area contributed by atoms with Crippen LogP contribution in [-0.2, 0) is 0 Å². The van der Waals surface area contributed by atoms with Crippen LogP contribution in [0.1, 0.15) is 0 Å². The highest BCUT2D eigenvalue weighted by atomic mass is 15.1. The van der Waals surface area contributed by atoms with Gasteiger partial charge in [-0.25, -0.2) is 0 Å². The van der Waals surface area contributed by atoms with Crippen LogP contribution in [0.5, 0.6) is 0 Å². The number of nitrogens with zero attached hydrogens (tertiary/aromatic N) is 2. The Bertz CT molecular complexity index is 3620. The van der Waals surface area contributed by atoms with Gasteiger partial charge in [0.1, 0.15) is 0 Å². The molecule has 0 atom stereocenters. The summed E-state index contributed by atoms with van der Waals surface area (Å²) in [6.45, 7) is 0. The number of hydrogen-bond donors (Lipinski definition) is 0. The summed E-state index contributed by atoms with van der Waals surface area (Å²) in [7, 11) is 0. The number of para-hydroxylation sites is 2. The van der Waals surface area contributed by atoms with Crippen LogP contribution in [0.2, 0.25) is 0 Å².